The summed E-state index contributed by atoms with van der Waals surface area (Å²) in [6.07, 6.45) is 2.38. The molecule has 1 aliphatic rings. The van der Waals surface area contributed by atoms with E-state index < -0.39 is 0 Å². The molecule has 1 saturated carbocycles. The lowest BCUT2D eigenvalue weighted by molar-refractivity contribution is 0.326. The Morgan fingerprint density at radius 3 is 2.55 bits per heavy atom. The van der Waals surface area contributed by atoms with Crippen molar-refractivity contribution in [3.05, 3.63) is 12.2 Å². The fourth-order valence-corrected chi connectivity index (χ4v) is 1.37. The van der Waals surface area contributed by atoms with E-state index in [1.807, 2.05) is 6.92 Å². The standard InChI is InChI=1S/C9H18N2/c1-8(2)6-11(3)7-9(10)4-5-9/h1,4-7,10H2,2-3H3. The number of hydrogen-bond acceptors (Lipinski definition) is 2. The molecule has 2 heteroatoms. The van der Waals surface area contributed by atoms with E-state index in [4.69, 9.17) is 5.73 Å². The summed E-state index contributed by atoms with van der Waals surface area (Å²) in [5.74, 6) is 0. The minimum absolute atomic E-state index is 0.143. The first-order valence-corrected chi connectivity index (χ1v) is 4.14. The number of rotatable bonds is 4. The van der Waals surface area contributed by atoms with Crippen LogP contribution in [0.4, 0.5) is 0 Å². The Morgan fingerprint density at radius 2 is 2.18 bits per heavy atom. The van der Waals surface area contributed by atoms with Crippen molar-refractivity contribution >= 4 is 0 Å². The SMILES string of the molecule is C=C(C)CN(C)CC1(N)CC1. The Kier molecular flexibility index (Phi) is 2.35. The maximum atomic E-state index is 5.95. The first-order chi connectivity index (χ1) is 5.02. The van der Waals surface area contributed by atoms with Crippen LogP contribution in [0.15, 0.2) is 12.2 Å². The summed E-state index contributed by atoms with van der Waals surface area (Å²) in [5.41, 5.74) is 7.30. The van der Waals surface area contributed by atoms with Crippen molar-refractivity contribution < 1.29 is 0 Å². The van der Waals surface area contributed by atoms with E-state index in [1.165, 1.54) is 18.4 Å². The topological polar surface area (TPSA) is 29.3 Å². The zero-order valence-corrected chi connectivity index (χ0v) is 7.56. The number of hydrogen-bond donors (Lipinski definition) is 1. The van der Waals surface area contributed by atoms with Crippen LogP contribution in [0.5, 0.6) is 0 Å². The zero-order chi connectivity index (χ0) is 8.48. The molecule has 0 radical (unpaired) electrons. The molecule has 1 aliphatic carbocycles. The van der Waals surface area contributed by atoms with Gasteiger partial charge in [-0.15, -0.1) is 0 Å². The number of nitrogens with two attached hydrogens (primary N) is 1. The van der Waals surface area contributed by atoms with Crippen LogP contribution in [0.2, 0.25) is 0 Å². The van der Waals surface area contributed by atoms with Gasteiger partial charge in [-0.05, 0) is 26.8 Å². The van der Waals surface area contributed by atoms with Crippen molar-refractivity contribution in [1.29, 1.82) is 0 Å². The average molecular weight is 154 g/mol. The highest BCUT2D eigenvalue weighted by Gasteiger charge is 2.38. The lowest BCUT2D eigenvalue weighted by Gasteiger charge is -2.20. The minimum atomic E-state index is 0.143. The predicted octanol–water partition coefficient (Wildman–Crippen LogP) is 0.986. The quantitative estimate of drug-likeness (QED) is 0.612. The molecule has 11 heavy (non-hydrogen) atoms. The van der Waals surface area contributed by atoms with Gasteiger partial charge in [0, 0.05) is 18.6 Å². The largest absolute Gasteiger partial charge is 0.324 e. The molecule has 0 saturated heterocycles. The molecule has 0 spiro atoms. The van der Waals surface area contributed by atoms with Crippen molar-refractivity contribution in [2.75, 3.05) is 20.1 Å². The molecular weight excluding hydrogens is 136 g/mol. The van der Waals surface area contributed by atoms with Crippen LogP contribution < -0.4 is 5.73 Å². The molecule has 2 N–H and O–H groups in total. The summed E-state index contributed by atoms with van der Waals surface area (Å²) in [5, 5.41) is 0. The summed E-state index contributed by atoms with van der Waals surface area (Å²) in [4.78, 5) is 2.25. The first kappa shape index (κ1) is 8.75. The second-order valence-electron chi connectivity index (χ2n) is 3.99. The lowest BCUT2D eigenvalue weighted by Crippen LogP contribution is -2.37. The van der Waals surface area contributed by atoms with Gasteiger partial charge in [-0.1, -0.05) is 12.2 Å². The fourth-order valence-electron chi connectivity index (χ4n) is 1.37. The molecule has 0 bridgehead atoms. The minimum Gasteiger partial charge on any atom is -0.324 e. The highest BCUT2D eigenvalue weighted by atomic mass is 15.1. The first-order valence-electron chi connectivity index (χ1n) is 4.14. The van der Waals surface area contributed by atoms with E-state index in [-0.39, 0.29) is 5.54 Å². The van der Waals surface area contributed by atoms with Gasteiger partial charge in [-0.25, -0.2) is 0 Å². The second-order valence-corrected chi connectivity index (χ2v) is 3.99. The molecule has 0 aromatic heterocycles. The Morgan fingerprint density at radius 1 is 1.64 bits per heavy atom. The molecular formula is C9H18N2. The Bertz CT molecular complexity index is 159. The van der Waals surface area contributed by atoms with Crippen LogP contribution in [-0.2, 0) is 0 Å². The maximum Gasteiger partial charge on any atom is 0.0284 e. The molecule has 0 aliphatic heterocycles. The smallest absolute Gasteiger partial charge is 0.0284 e. The van der Waals surface area contributed by atoms with Crippen molar-refractivity contribution in [3.63, 3.8) is 0 Å². The summed E-state index contributed by atoms with van der Waals surface area (Å²) in [7, 11) is 2.10. The monoisotopic (exact) mass is 154 g/mol. The van der Waals surface area contributed by atoms with Crippen LogP contribution >= 0.6 is 0 Å². The molecule has 0 aromatic carbocycles. The molecule has 0 amide bonds. The van der Waals surface area contributed by atoms with Crippen LogP contribution in [0.3, 0.4) is 0 Å². The van der Waals surface area contributed by atoms with Crippen LogP contribution in [0, 0.1) is 0 Å². The van der Waals surface area contributed by atoms with Crippen molar-refractivity contribution in [1.82, 2.24) is 4.90 Å². The van der Waals surface area contributed by atoms with Gasteiger partial charge in [0.15, 0.2) is 0 Å². The number of likely N-dealkylation sites (N-methyl/N-ethyl adjacent to an activating group) is 1. The highest BCUT2D eigenvalue weighted by molar-refractivity contribution is 5.02. The third kappa shape index (κ3) is 3.04. The zero-order valence-electron chi connectivity index (χ0n) is 7.56. The van der Waals surface area contributed by atoms with E-state index in [2.05, 4.69) is 18.5 Å². The van der Waals surface area contributed by atoms with Gasteiger partial charge in [-0.3, -0.25) is 0 Å². The second kappa shape index (κ2) is 2.95. The van der Waals surface area contributed by atoms with Crippen molar-refractivity contribution in [2.45, 2.75) is 25.3 Å². The van der Waals surface area contributed by atoms with Gasteiger partial charge in [0.05, 0.1) is 0 Å². The van der Waals surface area contributed by atoms with Gasteiger partial charge >= 0.3 is 0 Å². The molecule has 0 unspecified atom stereocenters. The van der Waals surface area contributed by atoms with Crippen LogP contribution in [0.1, 0.15) is 19.8 Å². The third-order valence-electron chi connectivity index (χ3n) is 2.02. The predicted molar refractivity (Wildman–Crippen MR) is 48.5 cm³/mol. The lowest BCUT2D eigenvalue weighted by atomic mass is 10.2. The Labute approximate surface area is 69.1 Å². The Hall–Kier alpha value is -0.340. The summed E-state index contributed by atoms with van der Waals surface area (Å²) in [6, 6.07) is 0. The van der Waals surface area contributed by atoms with Crippen molar-refractivity contribution in [2.24, 2.45) is 5.73 Å². The van der Waals surface area contributed by atoms with Crippen LogP contribution in [-0.4, -0.2) is 30.6 Å². The van der Waals surface area contributed by atoms with E-state index in [0.717, 1.165) is 13.1 Å². The highest BCUT2D eigenvalue weighted by Crippen LogP contribution is 2.32. The molecule has 0 heterocycles. The molecule has 0 aromatic rings. The number of nitrogens with zero attached hydrogens (tertiary/aromatic N) is 1. The fraction of sp³-hybridized carbons (Fsp3) is 0.778. The molecule has 64 valence electrons. The van der Waals surface area contributed by atoms with Crippen molar-refractivity contribution in [3.8, 4) is 0 Å². The summed E-state index contributed by atoms with van der Waals surface area (Å²) >= 11 is 0. The Balaban J connectivity index is 2.20. The van der Waals surface area contributed by atoms with Gasteiger partial charge < -0.3 is 10.6 Å². The average Bonchev–Trinajstić information content (AvgIpc) is 2.44. The van der Waals surface area contributed by atoms with E-state index in [1.54, 1.807) is 0 Å². The van der Waals surface area contributed by atoms with Gasteiger partial charge in [-0.2, -0.15) is 0 Å². The van der Waals surface area contributed by atoms with Gasteiger partial charge in [0.2, 0.25) is 0 Å². The van der Waals surface area contributed by atoms with E-state index in [9.17, 15) is 0 Å². The molecule has 0 atom stereocenters. The molecule has 2 nitrogen and oxygen atoms in total. The summed E-state index contributed by atoms with van der Waals surface area (Å²) < 4.78 is 0. The van der Waals surface area contributed by atoms with Gasteiger partial charge in [0.1, 0.15) is 0 Å². The molecule has 1 fully saturated rings. The third-order valence-corrected chi connectivity index (χ3v) is 2.02. The van der Waals surface area contributed by atoms with E-state index >= 15 is 0 Å². The molecule has 1 rings (SSSR count). The summed E-state index contributed by atoms with van der Waals surface area (Å²) in [6.45, 7) is 7.90. The van der Waals surface area contributed by atoms with E-state index in [0.29, 0.717) is 0 Å². The van der Waals surface area contributed by atoms with Crippen LogP contribution in [0.25, 0.3) is 0 Å². The maximum absolute atomic E-state index is 5.95. The normalized spacial score (nSPS) is 20.4. The van der Waals surface area contributed by atoms with Gasteiger partial charge in [0.25, 0.3) is 0 Å².